The summed E-state index contributed by atoms with van der Waals surface area (Å²) in [5.74, 6) is -3.23. The number of nitrogens with zero attached hydrogens (tertiary/aromatic N) is 2. The zero-order valence-corrected chi connectivity index (χ0v) is 20.1. The number of carbonyl (C=O) groups is 2. The Kier molecular flexibility index (Phi) is 7.86. The minimum atomic E-state index is -1.71. The molecule has 1 aromatic heterocycles. The summed E-state index contributed by atoms with van der Waals surface area (Å²) in [5.41, 5.74) is 2.39. The molecule has 190 valence electrons. The van der Waals surface area contributed by atoms with Crippen molar-refractivity contribution in [1.29, 1.82) is 0 Å². The molecule has 0 unspecified atom stereocenters. The highest BCUT2D eigenvalue weighted by Gasteiger charge is 2.24. The number of benzene rings is 3. The molecule has 10 heteroatoms. The molecule has 4 rings (SSSR count). The second kappa shape index (κ2) is 11.2. The summed E-state index contributed by atoms with van der Waals surface area (Å²) in [6.07, 6.45) is -1.76. The molecule has 1 heterocycles. The molecule has 8 nitrogen and oxygen atoms in total. The number of aliphatic hydroxyl groups is 1. The number of carboxylic acid groups (broad SMARTS) is 1. The number of hydrogen-bond acceptors (Lipinski definition) is 5. The fourth-order valence-corrected chi connectivity index (χ4v) is 4.08. The zero-order chi connectivity index (χ0) is 26.5. The summed E-state index contributed by atoms with van der Waals surface area (Å²) in [6.45, 7) is 0. The maximum atomic E-state index is 14.1. The first-order chi connectivity index (χ1) is 17.7. The standard InChI is InChI=1S/C27H23ClFN3O5/c28-19-5-3-4-18(13-19)17-10-8-16(9-11-17)12-20(14-24(33)27(36)37)30-26(35)22-15-25(34)32(31-22)23-7-2-1-6-21(23)29/h1-11,13,15,20,24,33-34H,12,14H2,(H,30,35)(H,36,37)/t20-,24-/m1/s1. The lowest BCUT2D eigenvalue weighted by molar-refractivity contribution is -0.147. The number of carboxylic acids is 1. The van der Waals surface area contributed by atoms with Gasteiger partial charge in [-0.1, -0.05) is 60.1 Å². The average molecular weight is 524 g/mol. The molecule has 0 saturated carbocycles. The van der Waals surface area contributed by atoms with Gasteiger partial charge in [-0.2, -0.15) is 9.78 Å². The van der Waals surface area contributed by atoms with E-state index in [0.29, 0.717) is 5.02 Å². The number of halogens is 2. The van der Waals surface area contributed by atoms with E-state index in [1.54, 1.807) is 12.1 Å². The third-order valence-electron chi connectivity index (χ3n) is 5.73. The molecule has 37 heavy (non-hydrogen) atoms. The fraction of sp³-hybridized carbons (Fsp3) is 0.148. The van der Waals surface area contributed by atoms with E-state index < -0.39 is 35.7 Å². The Morgan fingerprint density at radius 2 is 1.73 bits per heavy atom. The molecule has 0 saturated heterocycles. The Hall–Kier alpha value is -4.21. The maximum absolute atomic E-state index is 14.1. The van der Waals surface area contributed by atoms with Crippen molar-refractivity contribution in [3.63, 3.8) is 0 Å². The molecule has 0 radical (unpaired) electrons. The average Bonchev–Trinajstić information content (AvgIpc) is 3.26. The van der Waals surface area contributed by atoms with Crippen LogP contribution >= 0.6 is 11.6 Å². The van der Waals surface area contributed by atoms with E-state index in [1.165, 1.54) is 18.2 Å². The van der Waals surface area contributed by atoms with Crippen molar-refractivity contribution in [2.45, 2.75) is 25.0 Å². The normalized spacial score (nSPS) is 12.6. The van der Waals surface area contributed by atoms with Crippen molar-refractivity contribution < 1.29 is 29.3 Å². The summed E-state index contributed by atoms with van der Waals surface area (Å²) in [4.78, 5) is 24.2. The maximum Gasteiger partial charge on any atom is 0.332 e. The van der Waals surface area contributed by atoms with Crippen LogP contribution in [0, 0.1) is 5.82 Å². The molecule has 4 N–H and O–H groups in total. The van der Waals surface area contributed by atoms with Gasteiger partial charge in [-0.15, -0.1) is 0 Å². The topological polar surface area (TPSA) is 125 Å². The molecule has 3 aromatic carbocycles. The summed E-state index contributed by atoms with van der Waals surface area (Å²) < 4.78 is 15.0. The van der Waals surface area contributed by atoms with E-state index >= 15 is 0 Å². The number of hydrogen-bond donors (Lipinski definition) is 4. The molecule has 0 aliphatic rings. The molecule has 0 aliphatic heterocycles. The van der Waals surface area contributed by atoms with Crippen LogP contribution in [0.5, 0.6) is 5.88 Å². The monoisotopic (exact) mass is 523 g/mol. The Balaban J connectivity index is 1.53. The minimum absolute atomic E-state index is 0.0447. The number of aliphatic hydroxyl groups excluding tert-OH is 1. The van der Waals surface area contributed by atoms with Gasteiger partial charge >= 0.3 is 5.97 Å². The summed E-state index contributed by atoms with van der Waals surface area (Å²) in [6, 6.07) is 20.7. The second-order valence-corrected chi connectivity index (χ2v) is 8.86. The molecular weight excluding hydrogens is 501 g/mol. The molecule has 1 amide bonds. The highest BCUT2D eigenvalue weighted by molar-refractivity contribution is 6.30. The molecule has 4 aromatic rings. The lowest BCUT2D eigenvalue weighted by Gasteiger charge is -2.20. The first-order valence-electron chi connectivity index (χ1n) is 11.3. The number of para-hydroxylation sites is 1. The van der Waals surface area contributed by atoms with Crippen LogP contribution in [0.15, 0.2) is 78.9 Å². The smallest absolute Gasteiger partial charge is 0.332 e. The van der Waals surface area contributed by atoms with Gasteiger partial charge in [-0.3, -0.25) is 4.79 Å². The Labute approximate surface area is 216 Å². The highest BCUT2D eigenvalue weighted by atomic mass is 35.5. The molecule has 0 bridgehead atoms. The Bertz CT molecular complexity index is 1420. The van der Waals surface area contributed by atoms with Crippen LogP contribution < -0.4 is 5.32 Å². The third kappa shape index (κ3) is 6.32. The van der Waals surface area contributed by atoms with Crippen LogP contribution in [0.2, 0.25) is 5.02 Å². The van der Waals surface area contributed by atoms with Gasteiger partial charge in [0, 0.05) is 23.6 Å². The Morgan fingerprint density at radius 3 is 2.41 bits per heavy atom. The van der Waals surface area contributed by atoms with Crippen LogP contribution in [0.3, 0.4) is 0 Å². The zero-order valence-electron chi connectivity index (χ0n) is 19.4. The number of amides is 1. The SMILES string of the molecule is O=C(N[C@H](Cc1ccc(-c2cccc(Cl)c2)cc1)C[C@@H](O)C(=O)O)c1cc(O)n(-c2ccccc2F)n1. The van der Waals surface area contributed by atoms with Crippen molar-refractivity contribution in [3.05, 3.63) is 101 Å². The number of aromatic hydroxyl groups is 1. The third-order valence-corrected chi connectivity index (χ3v) is 5.96. The van der Waals surface area contributed by atoms with Gasteiger partial charge < -0.3 is 20.6 Å². The number of nitrogens with one attached hydrogen (secondary N) is 1. The predicted molar refractivity (Wildman–Crippen MR) is 135 cm³/mol. The van der Waals surface area contributed by atoms with Crippen LogP contribution in [0.25, 0.3) is 16.8 Å². The van der Waals surface area contributed by atoms with Crippen molar-refractivity contribution in [2.75, 3.05) is 0 Å². The molecular formula is C27H23ClFN3O5. The number of aliphatic carboxylic acids is 1. The van der Waals surface area contributed by atoms with Gasteiger partial charge in [0.2, 0.25) is 5.88 Å². The molecule has 2 atom stereocenters. The fourth-order valence-electron chi connectivity index (χ4n) is 3.89. The summed E-state index contributed by atoms with van der Waals surface area (Å²) >= 11 is 6.07. The Morgan fingerprint density at radius 1 is 1.00 bits per heavy atom. The van der Waals surface area contributed by atoms with E-state index in [0.717, 1.165) is 27.4 Å². The van der Waals surface area contributed by atoms with Gasteiger partial charge in [-0.05, 0) is 47.4 Å². The highest BCUT2D eigenvalue weighted by Crippen LogP contribution is 2.24. The first-order valence-corrected chi connectivity index (χ1v) is 11.7. The van der Waals surface area contributed by atoms with Crippen LogP contribution in [-0.4, -0.2) is 49.1 Å². The summed E-state index contributed by atoms with van der Waals surface area (Å²) in [7, 11) is 0. The van der Waals surface area contributed by atoms with Gasteiger partial charge in [0.25, 0.3) is 5.91 Å². The van der Waals surface area contributed by atoms with Gasteiger partial charge in [0.1, 0.15) is 11.5 Å². The first kappa shape index (κ1) is 25.9. The second-order valence-electron chi connectivity index (χ2n) is 8.42. The van der Waals surface area contributed by atoms with E-state index in [-0.39, 0.29) is 24.2 Å². The molecule has 0 aliphatic carbocycles. The predicted octanol–water partition coefficient (Wildman–Crippen LogP) is 4.21. The van der Waals surface area contributed by atoms with E-state index in [1.807, 2.05) is 42.5 Å². The van der Waals surface area contributed by atoms with Gasteiger partial charge in [-0.25, -0.2) is 9.18 Å². The van der Waals surface area contributed by atoms with Crippen molar-refractivity contribution in [2.24, 2.45) is 0 Å². The number of carbonyl (C=O) groups excluding carboxylic acids is 1. The van der Waals surface area contributed by atoms with Crippen LogP contribution in [0.1, 0.15) is 22.5 Å². The van der Waals surface area contributed by atoms with Crippen molar-refractivity contribution in [1.82, 2.24) is 15.1 Å². The van der Waals surface area contributed by atoms with Crippen LogP contribution in [-0.2, 0) is 11.2 Å². The largest absolute Gasteiger partial charge is 0.493 e. The lowest BCUT2D eigenvalue weighted by atomic mass is 9.97. The van der Waals surface area contributed by atoms with Gasteiger partial charge in [0.15, 0.2) is 11.8 Å². The van der Waals surface area contributed by atoms with Crippen LogP contribution in [0.4, 0.5) is 4.39 Å². The number of aromatic nitrogens is 2. The van der Waals surface area contributed by atoms with Crippen molar-refractivity contribution >= 4 is 23.5 Å². The molecule has 0 spiro atoms. The minimum Gasteiger partial charge on any atom is -0.493 e. The van der Waals surface area contributed by atoms with E-state index in [9.17, 15) is 24.2 Å². The molecule has 0 fully saturated rings. The quantitative estimate of drug-likeness (QED) is 0.260. The lowest BCUT2D eigenvalue weighted by Crippen LogP contribution is -2.40. The van der Waals surface area contributed by atoms with E-state index in [2.05, 4.69) is 10.4 Å². The summed E-state index contributed by atoms with van der Waals surface area (Å²) in [5, 5.41) is 36.6. The van der Waals surface area contributed by atoms with Gasteiger partial charge in [0.05, 0.1) is 0 Å². The number of rotatable bonds is 9. The van der Waals surface area contributed by atoms with E-state index in [4.69, 9.17) is 16.7 Å². The van der Waals surface area contributed by atoms with Crippen molar-refractivity contribution in [3.8, 4) is 22.7 Å².